The van der Waals surface area contributed by atoms with Crippen LogP contribution in [0.1, 0.15) is 0 Å². The van der Waals surface area contributed by atoms with Gasteiger partial charge in [0.2, 0.25) is 5.28 Å². The largest absolute Gasteiger partial charge is 0.337 e. The van der Waals surface area contributed by atoms with Crippen LogP contribution in [-0.2, 0) is 0 Å². The fourth-order valence-electron chi connectivity index (χ4n) is 1.08. The predicted molar refractivity (Wildman–Crippen MR) is 67.2 cm³/mol. The number of nitrogens with one attached hydrogen (secondary N) is 1. The Kier molecular flexibility index (Phi) is 3.76. The molecule has 1 aromatic heterocycles. The highest BCUT2D eigenvalue weighted by Crippen LogP contribution is 2.24. The van der Waals surface area contributed by atoms with Crippen LogP contribution in [-0.4, -0.2) is 15.2 Å². The van der Waals surface area contributed by atoms with Crippen molar-refractivity contribution in [1.29, 1.82) is 0 Å². The smallest absolute Gasteiger partial charge is 0.245 e. The molecule has 0 bridgehead atoms. The third-order valence-corrected chi connectivity index (χ3v) is 2.86. The molecule has 0 saturated carbocycles. The van der Waals surface area contributed by atoms with Gasteiger partial charge < -0.3 is 5.32 Å². The topological polar surface area (TPSA) is 50.7 Å². The first-order valence-corrected chi connectivity index (χ1v) is 5.89. The van der Waals surface area contributed by atoms with Gasteiger partial charge >= 0.3 is 0 Å². The van der Waals surface area contributed by atoms with E-state index >= 15 is 0 Å². The van der Waals surface area contributed by atoms with E-state index in [-0.39, 0.29) is 16.3 Å². The van der Waals surface area contributed by atoms with E-state index in [2.05, 4.69) is 36.4 Å². The predicted octanol–water partition coefficient (Wildman–Crippen LogP) is 3.82. The zero-order chi connectivity index (χ0) is 12.4. The number of hydrogen-bond acceptors (Lipinski definition) is 4. The molecule has 8 heteroatoms. The molecule has 88 valence electrons. The minimum atomic E-state index is -0.403. The molecule has 17 heavy (non-hydrogen) atoms. The number of rotatable bonds is 2. The van der Waals surface area contributed by atoms with Crippen molar-refractivity contribution in [3.63, 3.8) is 0 Å². The highest BCUT2D eigenvalue weighted by molar-refractivity contribution is 9.10. The van der Waals surface area contributed by atoms with Gasteiger partial charge in [-0.1, -0.05) is 11.6 Å². The first kappa shape index (κ1) is 12.5. The molecular weight excluding hydrogens is 334 g/mol. The van der Waals surface area contributed by atoms with Crippen LogP contribution in [0.25, 0.3) is 0 Å². The molecule has 0 fully saturated rings. The molecule has 0 aliphatic heterocycles. The van der Waals surface area contributed by atoms with Gasteiger partial charge in [-0.05, 0) is 45.7 Å². The van der Waals surface area contributed by atoms with E-state index in [1.807, 2.05) is 0 Å². The maximum atomic E-state index is 13.3. The zero-order valence-electron chi connectivity index (χ0n) is 8.09. The van der Waals surface area contributed by atoms with E-state index in [0.29, 0.717) is 10.2 Å². The zero-order valence-corrected chi connectivity index (χ0v) is 11.2. The third-order valence-electron chi connectivity index (χ3n) is 1.80. The molecule has 0 aliphatic carbocycles. The Morgan fingerprint density at radius 1 is 1.24 bits per heavy atom. The summed E-state index contributed by atoms with van der Waals surface area (Å²) in [5.41, 5.74) is 0.476. The van der Waals surface area contributed by atoms with Crippen LogP contribution in [0.5, 0.6) is 0 Å². The van der Waals surface area contributed by atoms with Crippen molar-refractivity contribution in [2.45, 2.75) is 0 Å². The Morgan fingerprint density at radius 3 is 2.71 bits per heavy atom. The van der Waals surface area contributed by atoms with Crippen LogP contribution >= 0.6 is 39.1 Å². The summed E-state index contributed by atoms with van der Waals surface area (Å²) in [6.45, 7) is 0. The lowest BCUT2D eigenvalue weighted by Gasteiger charge is -2.06. The second kappa shape index (κ2) is 5.12. The summed E-state index contributed by atoms with van der Waals surface area (Å²) in [5.74, 6) is -0.187. The molecule has 2 aromatic rings. The summed E-state index contributed by atoms with van der Waals surface area (Å²) in [6, 6.07) is 4.50. The van der Waals surface area contributed by atoms with Gasteiger partial charge in [-0.2, -0.15) is 4.98 Å². The number of nitrogens with zero attached hydrogens (tertiary/aromatic N) is 3. The van der Waals surface area contributed by atoms with E-state index in [1.165, 1.54) is 6.07 Å². The minimum Gasteiger partial charge on any atom is -0.337 e. The summed E-state index contributed by atoms with van der Waals surface area (Å²) in [4.78, 5) is 3.83. The van der Waals surface area contributed by atoms with Crippen LogP contribution < -0.4 is 5.32 Å². The number of halogens is 4. The van der Waals surface area contributed by atoms with Gasteiger partial charge in [0.15, 0.2) is 11.0 Å². The SMILES string of the molecule is Fc1cc(Nc2nc(Cl)nnc2Cl)ccc1Br. The van der Waals surface area contributed by atoms with Crippen LogP contribution in [0.4, 0.5) is 15.9 Å². The normalized spacial score (nSPS) is 10.4. The molecule has 0 unspecified atom stereocenters. The lowest BCUT2D eigenvalue weighted by molar-refractivity contribution is 0.622. The maximum absolute atomic E-state index is 13.3. The van der Waals surface area contributed by atoms with Gasteiger partial charge in [0.05, 0.1) is 4.47 Å². The molecule has 0 aliphatic rings. The molecule has 1 N–H and O–H groups in total. The molecular formula is C9H4BrCl2FN4. The highest BCUT2D eigenvalue weighted by Gasteiger charge is 2.07. The monoisotopic (exact) mass is 336 g/mol. The average Bonchev–Trinajstić information content (AvgIpc) is 2.29. The number of aromatic nitrogens is 3. The Morgan fingerprint density at radius 2 is 2.00 bits per heavy atom. The van der Waals surface area contributed by atoms with Gasteiger partial charge in [-0.15, -0.1) is 10.2 Å². The fourth-order valence-corrected chi connectivity index (χ4v) is 1.58. The molecule has 0 radical (unpaired) electrons. The first-order chi connectivity index (χ1) is 8.06. The van der Waals surface area contributed by atoms with E-state index in [4.69, 9.17) is 23.2 Å². The van der Waals surface area contributed by atoms with Gasteiger partial charge in [-0.25, -0.2) is 4.39 Å². The second-order valence-electron chi connectivity index (χ2n) is 2.97. The fraction of sp³-hybridized carbons (Fsp3) is 0. The van der Waals surface area contributed by atoms with Crippen LogP contribution in [0.3, 0.4) is 0 Å². The van der Waals surface area contributed by atoms with Crippen LogP contribution in [0, 0.1) is 5.82 Å². The summed E-state index contributed by atoms with van der Waals surface area (Å²) in [6.07, 6.45) is 0. The number of hydrogen-bond donors (Lipinski definition) is 1. The Labute approximate surface area is 114 Å². The van der Waals surface area contributed by atoms with Crippen molar-refractivity contribution in [2.24, 2.45) is 0 Å². The van der Waals surface area contributed by atoms with E-state index in [1.54, 1.807) is 12.1 Å². The molecule has 1 heterocycles. The molecule has 0 amide bonds. The number of anilines is 2. The second-order valence-corrected chi connectivity index (χ2v) is 4.52. The van der Waals surface area contributed by atoms with E-state index in [0.717, 1.165) is 0 Å². The van der Waals surface area contributed by atoms with Crippen LogP contribution in [0.2, 0.25) is 10.4 Å². The average molecular weight is 338 g/mol. The van der Waals surface area contributed by atoms with E-state index in [9.17, 15) is 4.39 Å². The standard InChI is InChI=1S/C9H4BrCl2FN4/c10-5-2-1-4(3-6(5)13)14-8-7(11)16-17-9(12)15-8/h1-3H,(H,14,15,17). The summed E-state index contributed by atoms with van der Waals surface area (Å²) < 4.78 is 13.6. The van der Waals surface area contributed by atoms with Crippen molar-refractivity contribution in [1.82, 2.24) is 15.2 Å². The Bertz CT molecular complexity index is 567. The molecule has 2 rings (SSSR count). The summed E-state index contributed by atoms with van der Waals surface area (Å²) in [7, 11) is 0. The molecule has 0 saturated heterocycles. The number of benzene rings is 1. The summed E-state index contributed by atoms with van der Waals surface area (Å²) >= 11 is 14.4. The lowest BCUT2D eigenvalue weighted by Crippen LogP contribution is -1.99. The van der Waals surface area contributed by atoms with Gasteiger partial charge in [0.25, 0.3) is 0 Å². The van der Waals surface area contributed by atoms with Gasteiger partial charge in [0.1, 0.15) is 5.82 Å². The van der Waals surface area contributed by atoms with Gasteiger partial charge in [0, 0.05) is 5.69 Å². The highest BCUT2D eigenvalue weighted by atomic mass is 79.9. The maximum Gasteiger partial charge on any atom is 0.245 e. The summed E-state index contributed by atoms with van der Waals surface area (Å²) in [5, 5.41) is 9.83. The Hall–Kier alpha value is -0.980. The van der Waals surface area contributed by atoms with Crippen molar-refractivity contribution < 1.29 is 4.39 Å². The molecule has 1 aromatic carbocycles. The first-order valence-electron chi connectivity index (χ1n) is 4.34. The third kappa shape index (κ3) is 3.02. The Balaban J connectivity index is 2.31. The van der Waals surface area contributed by atoms with Crippen molar-refractivity contribution in [2.75, 3.05) is 5.32 Å². The molecule has 0 spiro atoms. The van der Waals surface area contributed by atoms with E-state index < -0.39 is 5.82 Å². The molecule has 4 nitrogen and oxygen atoms in total. The molecule has 0 atom stereocenters. The van der Waals surface area contributed by atoms with Crippen molar-refractivity contribution >= 4 is 50.6 Å². The van der Waals surface area contributed by atoms with Crippen molar-refractivity contribution in [3.05, 3.63) is 38.9 Å². The quantitative estimate of drug-likeness (QED) is 0.905. The van der Waals surface area contributed by atoms with Crippen molar-refractivity contribution in [3.8, 4) is 0 Å². The minimum absolute atomic E-state index is 0.0468. The van der Waals surface area contributed by atoms with Crippen LogP contribution in [0.15, 0.2) is 22.7 Å². The lowest BCUT2D eigenvalue weighted by atomic mass is 10.3. The van der Waals surface area contributed by atoms with Gasteiger partial charge in [-0.3, -0.25) is 0 Å².